The standard InChI is InChI=1S/C19H23N3O5S/c1-4-27-17-11-6-5-10-16(17)19(24)20-13-18(23)21-14-8-7-9-15(12-14)28(25,26)22(2)3/h5-12H,4,13H2,1-3H3,(H,20,24)(H,21,23). The highest BCUT2D eigenvalue weighted by molar-refractivity contribution is 7.89. The molecule has 0 radical (unpaired) electrons. The first-order valence-corrected chi connectivity index (χ1v) is 10.0. The minimum atomic E-state index is -3.61. The van der Waals surface area contributed by atoms with E-state index in [-0.39, 0.29) is 11.4 Å². The van der Waals surface area contributed by atoms with Crippen molar-refractivity contribution in [2.75, 3.05) is 32.6 Å². The van der Waals surface area contributed by atoms with Crippen molar-refractivity contribution in [2.24, 2.45) is 0 Å². The molecule has 2 amide bonds. The zero-order chi connectivity index (χ0) is 20.7. The molecule has 0 fully saturated rings. The van der Waals surface area contributed by atoms with Gasteiger partial charge in [-0.15, -0.1) is 0 Å². The zero-order valence-electron chi connectivity index (χ0n) is 15.9. The van der Waals surface area contributed by atoms with Crippen molar-refractivity contribution in [1.82, 2.24) is 9.62 Å². The number of nitrogens with one attached hydrogen (secondary N) is 2. The molecule has 0 atom stereocenters. The molecule has 0 spiro atoms. The summed E-state index contributed by atoms with van der Waals surface area (Å²) in [6, 6.07) is 12.6. The fraction of sp³-hybridized carbons (Fsp3) is 0.263. The summed E-state index contributed by atoms with van der Waals surface area (Å²) in [5.41, 5.74) is 0.646. The quantitative estimate of drug-likeness (QED) is 0.696. The second-order valence-electron chi connectivity index (χ2n) is 5.98. The van der Waals surface area contributed by atoms with Gasteiger partial charge in [-0.3, -0.25) is 9.59 Å². The molecule has 150 valence electrons. The van der Waals surface area contributed by atoms with E-state index < -0.39 is 21.8 Å². The molecule has 0 aromatic heterocycles. The van der Waals surface area contributed by atoms with Crippen LogP contribution in [-0.4, -0.2) is 51.8 Å². The summed E-state index contributed by atoms with van der Waals surface area (Å²) in [6.45, 7) is 1.95. The smallest absolute Gasteiger partial charge is 0.255 e. The highest BCUT2D eigenvalue weighted by atomic mass is 32.2. The number of para-hydroxylation sites is 1. The molecule has 0 heterocycles. The molecular formula is C19H23N3O5S. The van der Waals surface area contributed by atoms with Crippen molar-refractivity contribution >= 4 is 27.5 Å². The molecule has 2 aromatic rings. The van der Waals surface area contributed by atoms with Gasteiger partial charge in [-0.2, -0.15) is 0 Å². The molecule has 0 saturated heterocycles. The topological polar surface area (TPSA) is 105 Å². The molecule has 2 aromatic carbocycles. The monoisotopic (exact) mass is 405 g/mol. The van der Waals surface area contributed by atoms with Crippen LogP contribution in [0.3, 0.4) is 0 Å². The van der Waals surface area contributed by atoms with Gasteiger partial charge in [0, 0.05) is 19.8 Å². The predicted octanol–water partition coefficient (Wildman–Crippen LogP) is 1.70. The van der Waals surface area contributed by atoms with Gasteiger partial charge in [0.05, 0.1) is 23.6 Å². The number of sulfonamides is 1. The van der Waals surface area contributed by atoms with Gasteiger partial charge in [-0.25, -0.2) is 12.7 Å². The number of hydrogen-bond acceptors (Lipinski definition) is 5. The first kappa shape index (κ1) is 21.4. The van der Waals surface area contributed by atoms with Crippen LogP contribution >= 0.6 is 0 Å². The summed E-state index contributed by atoms with van der Waals surface area (Å²) in [4.78, 5) is 24.5. The third-order valence-corrected chi connectivity index (χ3v) is 5.55. The minimum Gasteiger partial charge on any atom is -0.493 e. The van der Waals surface area contributed by atoms with E-state index in [0.717, 1.165) is 4.31 Å². The number of ether oxygens (including phenoxy) is 1. The highest BCUT2D eigenvalue weighted by Gasteiger charge is 2.18. The number of benzene rings is 2. The summed E-state index contributed by atoms with van der Waals surface area (Å²) in [6.07, 6.45) is 0. The van der Waals surface area contributed by atoms with E-state index in [9.17, 15) is 18.0 Å². The van der Waals surface area contributed by atoms with Crippen LogP contribution in [0, 0.1) is 0 Å². The van der Waals surface area contributed by atoms with E-state index in [0.29, 0.717) is 23.6 Å². The Morgan fingerprint density at radius 1 is 1.07 bits per heavy atom. The normalized spacial score (nSPS) is 11.1. The van der Waals surface area contributed by atoms with Crippen LogP contribution in [0.5, 0.6) is 5.75 Å². The lowest BCUT2D eigenvalue weighted by Crippen LogP contribution is -2.33. The van der Waals surface area contributed by atoms with Gasteiger partial charge in [0.1, 0.15) is 5.75 Å². The number of carbonyl (C=O) groups excluding carboxylic acids is 2. The maximum absolute atomic E-state index is 12.3. The molecule has 8 nitrogen and oxygen atoms in total. The number of carbonyl (C=O) groups is 2. The largest absolute Gasteiger partial charge is 0.493 e. The van der Waals surface area contributed by atoms with Gasteiger partial charge >= 0.3 is 0 Å². The van der Waals surface area contributed by atoms with Crippen molar-refractivity contribution in [3.63, 3.8) is 0 Å². The zero-order valence-corrected chi connectivity index (χ0v) is 16.7. The Hall–Kier alpha value is -2.91. The number of amides is 2. The summed E-state index contributed by atoms with van der Waals surface area (Å²) < 4.78 is 30.8. The van der Waals surface area contributed by atoms with Crippen LogP contribution in [0.25, 0.3) is 0 Å². The molecule has 0 saturated carbocycles. The average Bonchev–Trinajstić information content (AvgIpc) is 2.67. The van der Waals surface area contributed by atoms with E-state index in [1.807, 2.05) is 6.92 Å². The Bertz CT molecular complexity index is 958. The average molecular weight is 405 g/mol. The van der Waals surface area contributed by atoms with E-state index >= 15 is 0 Å². The fourth-order valence-electron chi connectivity index (χ4n) is 2.34. The predicted molar refractivity (Wildman–Crippen MR) is 106 cm³/mol. The van der Waals surface area contributed by atoms with Crippen molar-refractivity contribution in [1.29, 1.82) is 0 Å². The summed E-state index contributed by atoms with van der Waals surface area (Å²) >= 11 is 0. The summed E-state index contributed by atoms with van der Waals surface area (Å²) in [5, 5.41) is 5.10. The van der Waals surface area contributed by atoms with Gasteiger partial charge < -0.3 is 15.4 Å². The van der Waals surface area contributed by atoms with Crippen molar-refractivity contribution in [3.8, 4) is 5.75 Å². The Kier molecular flexibility index (Phi) is 7.13. The summed E-state index contributed by atoms with van der Waals surface area (Å²) in [5.74, 6) is -0.491. The lowest BCUT2D eigenvalue weighted by atomic mass is 10.2. The van der Waals surface area contributed by atoms with Gasteiger partial charge in [-0.1, -0.05) is 18.2 Å². The van der Waals surface area contributed by atoms with Crippen molar-refractivity contribution in [2.45, 2.75) is 11.8 Å². The number of hydrogen-bond donors (Lipinski definition) is 2. The Morgan fingerprint density at radius 2 is 1.79 bits per heavy atom. The van der Waals surface area contributed by atoms with E-state index in [2.05, 4.69) is 10.6 Å². The molecule has 0 aliphatic carbocycles. The third kappa shape index (κ3) is 5.30. The van der Waals surface area contributed by atoms with E-state index in [1.54, 1.807) is 30.3 Å². The SMILES string of the molecule is CCOc1ccccc1C(=O)NCC(=O)Nc1cccc(S(=O)(=O)N(C)C)c1. The van der Waals surface area contributed by atoms with Crippen LogP contribution in [0.2, 0.25) is 0 Å². The van der Waals surface area contributed by atoms with Gasteiger partial charge in [0.25, 0.3) is 5.91 Å². The number of rotatable bonds is 8. The van der Waals surface area contributed by atoms with E-state index in [1.165, 1.54) is 32.3 Å². The second-order valence-corrected chi connectivity index (χ2v) is 8.13. The maximum Gasteiger partial charge on any atom is 0.255 e. The third-order valence-electron chi connectivity index (χ3n) is 3.74. The molecule has 2 N–H and O–H groups in total. The molecule has 0 bridgehead atoms. The Balaban J connectivity index is 2.01. The Morgan fingerprint density at radius 3 is 2.46 bits per heavy atom. The van der Waals surface area contributed by atoms with Crippen molar-refractivity contribution < 1.29 is 22.7 Å². The van der Waals surface area contributed by atoms with Gasteiger partial charge in [0.2, 0.25) is 15.9 Å². The van der Waals surface area contributed by atoms with Crippen LogP contribution in [0.4, 0.5) is 5.69 Å². The van der Waals surface area contributed by atoms with Crippen LogP contribution in [-0.2, 0) is 14.8 Å². The molecule has 0 aliphatic rings. The van der Waals surface area contributed by atoms with Gasteiger partial charge in [0.15, 0.2) is 0 Å². The molecule has 0 aliphatic heterocycles. The maximum atomic E-state index is 12.3. The van der Waals surface area contributed by atoms with Crippen LogP contribution < -0.4 is 15.4 Å². The lowest BCUT2D eigenvalue weighted by Gasteiger charge is -2.13. The first-order valence-electron chi connectivity index (χ1n) is 8.58. The minimum absolute atomic E-state index is 0.0602. The number of anilines is 1. The fourth-order valence-corrected chi connectivity index (χ4v) is 3.29. The lowest BCUT2D eigenvalue weighted by molar-refractivity contribution is -0.115. The number of nitrogens with zero attached hydrogens (tertiary/aromatic N) is 1. The van der Waals surface area contributed by atoms with Gasteiger partial charge in [-0.05, 0) is 37.3 Å². The van der Waals surface area contributed by atoms with Crippen molar-refractivity contribution in [3.05, 3.63) is 54.1 Å². The highest BCUT2D eigenvalue weighted by Crippen LogP contribution is 2.19. The summed E-state index contributed by atoms with van der Waals surface area (Å²) in [7, 11) is -0.755. The first-order chi connectivity index (χ1) is 13.3. The van der Waals surface area contributed by atoms with Crippen LogP contribution in [0.15, 0.2) is 53.4 Å². The second kappa shape index (κ2) is 9.34. The molecule has 28 heavy (non-hydrogen) atoms. The van der Waals surface area contributed by atoms with E-state index in [4.69, 9.17) is 4.74 Å². The molecule has 9 heteroatoms. The van der Waals surface area contributed by atoms with Crippen LogP contribution in [0.1, 0.15) is 17.3 Å². The Labute approximate surface area is 164 Å². The molecule has 2 rings (SSSR count). The molecule has 0 unspecified atom stereocenters. The molecular weight excluding hydrogens is 382 g/mol.